The van der Waals surface area contributed by atoms with Gasteiger partial charge in [0.2, 0.25) is 5.91 Å². The molecule has 3 atom stereocenters. The van der Waals surface area contributed by atoms with Crippen LogP contribution in [0.5, 0.6) is 5.75 Å². The second-order valence-corrected chi connectivity index (χ2v) is 11.2. The van der Waals surface area contributed by atoms with Crippen LogP contribution in [0.3, 0.4) is 0 Å². The molecule has 0 saturated heterocycles. The number of nitrogens with two attached hydrogens (primary N) is 1. The third-order valence-corrected chi connectivity index (χ3v) is 8.21. The second-order valence-electron chi connectivity index (χ2n) is 9.16. The van der Waals surface area contributed by atoms with Gasteiger partial charge in [0.05, 0.1) is 11.3 Å². The van der Waals surface area contributed by atoms with E-state index < -0.39 is 9.84 Å². The highest BCUT2D eigenvalue weighted by Crippen LogP contribution is 2.51. The van der Waals surface area contributed by atoms with Gasteiger partial charge < -0.3 is 15.7 Å². The Morgan fingerprint density at radius 2 is 1.84 bits per heavy atom. The van der Waals surface area contributed by atoms with E-state index in [9.17, 15) is 18.3 Å². The first kappa shape index (κ1) is 24.3. The number of nitrogens with zero attached hydrogens (tertiary/aromatic N) is 1. The number of likely N-dealkylation sites (N-methyl/N-ethyl adjacent to an activating group) is 1. The first-order chi connectivity index (χ1) is 15.1. The number of hydrogen-bond donors (Lipinski definition) is 2. The molecule has 174 valence electrons. The number of phenols is 1. The zero-order valence-corrected chi connectivity index (χ0v) is 20.2. The van der Waals surface area contributed by atoms with Gasteiger partial charge in [-0.3, -0.25) is 4.79 Å². The number of hydrogen-bond acceptors (Lipinski definition) is 5. The van der Waals surface area contributed by atoms with Crippen LogP contribution < -0.4 is 5.73 Å². The third-order valence-electron chi connectivity index (χ3n) is 7.08. The number of benzene rings is 2. The Morgan fingerprint density at radius 1 is 1.19 bits per heavy atom. The average molecular weight is 459 g/mol. The summed E-state index contributed by atoms with van der Waals surface area (Å²) in [5.41, 5.74) is 7.58. The minimum Gasteiger partial charge on any atom is -0.508 e. The van der Waals surface area contributed by atoms with Gasteiger partial charge in [-0.05, 0) is 73.2 Å². The number of carbonyl (C=O) groups is 1. The maximum atomic E-state index is 13.2. The topological polar surface area (TPSA) is 101 Å². The molecule has 32 heavy (non-hydrogen) atoms. The Kier molecular flexibility index (Phi) is 7.00. The molecule has 0 aromatic heterocycles. The molecule has 0 radical (unpaired) electrons. The summed E-state index contributed by atoms with van der Waals surface area (Å²) in [6.07, 6.45) is 5.57. The molecule has 4 rings (SSSR count). The van der Waals surface area contributed by atoms with Crippen molar-refractivity contribution in [2.24, 2.45) is 11.7 Å². The highest BCUT2D eigenvalue weighted by Gasteiger charge is 2.50. The Labute approximate surface area is 191 Å². The first-order valence-corrected chi connectivity index (χ1v) is 12.9. The van der Waals surface area contributed by atoms with E-state index in [0.29, 0.717) is 5.92 Å². The number of carbonyl (C=O) groups excluding carboxylic acids is 1. The van der Waals surface area contributed by atoms with Crippen LogP contribution in [-0.4, -0.2) is 50.7 Å². The van der Waals surface area contributed by atoms with Crippen LogP contribution in [0.2, 0.25) is 0 Å². The quantitative estimate of drug-likeness (QED) is 0.733. The summed E-state index contributed by atoms with van der Waals surface area (Å²) in [6, 6.07) is 12.3. The lowest BCUT2D eigenvalue weighted by molar-refractivity contribution is -0.135. The lowest BCUT2D eigenvalue weighted by atomic mass is 9.57. The van der Waals surface area contributed by atoms with Gasteiger partial charge in [-0.2, -0.15) is 0 Å². The van der Waals surface area contributed by atoms with Gasteiger partial charge in [0.1, 0.15) is 5.75 Å². The first-order valence-electron chi connectivity index (χ1n) is 11.0. The van der Waals surface area contributed by atoms with Gasteiger partial charge in [0, 0.05) is 24.8 Å². The largest absolute Gasteiger partial charge is 0.508 e. The van der Waals surface area contributed by atoms with Crippen molar-refractivity contribution in [1.29, 1.82) is 0 Å². The minimum absolute atomic E-state index is 0.0360. The molecule has 3 N–H and O–H groups in total. The van der Waals surface area contributed by atoms with Crippen LogP contribution in [-0.2, 0) is 32.9 Å². The smallest absolute Gasteiger partial charge is 0.227 e. The van der Waals surface area contributed by atoms with Crippen molar-refractivity contribution < 1.29 is 18.3 Å². The second kappa shape index (κ2) is 9.24. The Hall–Kier alpha value is -2.38. The van der Waals surface area contributed by atoms with E-state index in [2.05, 4.69) is 12.7 Å². The molecule has 1 unspecified atom stereocenters. The van der Waals surface area contributed by atoms with Crippen LogP contribution in [0.1, 0.15) is 42.9 Å². The molecular formula is C25H34N2O4S. The molecule has 2 aromatic rings. The predicted molar refractivity (Wildman–Crippen MR) is 126 cm³/mol. The van der Waals surface area contributed by atoms with Crippen molar-refractivity contribution >= 4 is 15.7 Å². The highest BCUT2D eigenvalue weighted by atomic mass is 32.2. The van der Waals surface area contributed by atoms with Crippen LogP contribution in [0.25, 0.3) is 0 Å². The molecule has 6 nitrogen and oxygen atoms in total. The fourth-order valence-electron chi connectivity index (χ4n) is 5.67. The number of phenolic OH excluding ortho intramolecular Hbond substituents is 1. The van der Waals surface area contributed by atoms with E-state index in [-0.39, 0.29) is 34.4 Å². The molecule has 0 aliphatic heterocycles. The van der Waals surface area contributed by atoms with Crippen LogP contribution >= 0.6 is 0 Å². The Morgan fingerprint density at radius 3 is 2.47 bits per heavy atom. The van der Waals surface area contributed by atoms with E-state index in [1.807, 2.05) is 24.1 Å². The monoisotopic (exact) mass is 458 g/mol. The fourth-order valence-corrected chi connectivity index (χ4v) is 6.30. The fraction of sp³-hybridized carbons (Fsp3) is 0.480. The lowest BCUT2D eigenvalue weighted by Gasteiger charge is -2.54. The van der Waals surface area contributed by atoms with Gasteiger partial charge in [-0.15, -0.1) is 0 Å². The minimum atomic E-state index is -3.25. The predicted octanol–water partition coefficient (Wildman–Crippen LogP) is 3.05. The Bertz CT molecular complexity index is 1080. The number of rotatable bonds is 4. The van der Waals surface area contributed by atoms with Gasteiger partial charge in [0.15, 0.2) is 9.84 Å². The molecule has 1 fully saturated rings. The van der Waals surface area contributed by atoms with Crippen molar-refractivity contribution in [2.75, 3.05) is 20.4 Å². The summed E-state index contributed by atoms with van der Waals surface area (Å²) < 4.78 is 23.3. The zero-order chi connectivity index (χ0) is 23.7. The van der Waals surface area contributed by atoms with Crippen LogP contribution in [0.15, 0.2) is 47.4 Å². The Balaban J connectivity index is 0.00000141. The van der Waals surface area contributed by atoms with E-state index in [1.54, 1.807) is 30.3 Å². The molecule has 0 heterocycles. The maximum Gasteiger partial charge on any atom is 0.227 e. The summed E-state index contributed by atoms with van der Waals surface area (Å²) in [6.45, 7) is 2.23. The van der Waals surface area contributed by atoms with E-state index >= 15 is 0 Å². The number of fused-ring (bicyclic) bond motifs is 4. The van der Waals surface area contributed by atoms with E-state index in [4.69, 9.17) is 0 Å². The number of amides is 1. The molecule has 0 spiro atoms. The third kappa shape index (κ3) is 4.55. The molecule has 2 aliphatic rings. The molecule has 7 heteroatoms. The molecule has 1 saturated carbocycles. The molecule has 2 bridgehead atoms. The van der Waals surface area contributed by atoms with Crippen molar-refractivity contribution in [2.45, 2.75) is 55.4 Å². The highest BCUT2D eigenvalue weighted by molar-refractivity contribution is 7.90. The summed E-state index contributed by atoms with van der Waals surface area (Å²) in [5, 5.41) is 10.1. The van der Waals surface area contributed by atoms with E-state index in [1.165, 1.54) is 24.4 Å². The maximum absolute atomic E-state index is 13.2. The molecule has 2 aliphatic carbocycles. The SMILES string of the molecule is CN.CN(C(=O)Cc1ccc(S(C)(=O)=O)cc1)[C@H]1C2CCC[C@]1(C)c1cc(O)ccc1C2. The average Bonchev–Trinajstić information content (AvgIpc) is 2.75. The summed E-state index contributed by atoms with van der Waals surface area (Å²) in [7, 11) is 0.143. The standard InChI is InChI=1S/C24H29NO4S.CH5N/c1-24-12-4-5-18(14-17-8-9-19(26)15-21(17)24)23(24)25(2)22(27)13-16-6-10-20(11-7-16)30(3,28)29;1-2/h6-11,15,18,23,26H,4-5,12-14H2,1-3H3;2H2,1H3/t18?,23-,24+;/m0./s1. The van der Waals surface area contributed by atoms with Crippen molar-refractivity contribution in [3.05, 3.63) is 59.2 Å². The van der Waals surface area contributed by atoms with Crippen molar-refractivity contribution in [3.63, 3.8) is 0 Å². The van der Waals surface area contributed by atoms with Crippen molar-refractivity contribution in [1.82, 2.24) is 4.90 Å². The van der Waals surface area contributed by atoms with Gasteiger partial charge in [-0.1, -0.05) is 31.5 Å². The van der Waals surface area contributed by atoms with Crippen LogP contribution in [0.4, 0.5) is 0 Å². The summed E-state index contributed by atoms with van der Waals surface area (Å²) in [5.74, 6) is 0.717. The van der Waals surface area contributed by atoms with E-state index in [0.717, 1.165) is 31.2 Å². The lowest BCUT2D eigenvalue weighted by Crippen LogP contribution is -2.59. The zero-order valence-electron chi connectivity index (χ0n) is 19.3. The van der Waals surface area contributed by atoms with Crippen molar-refractivity contribution in [3.8, 4) is 5.75 Å². The number of sulfone groups is 1. The molecular weight excluding hydrogens is 424 g/mol. The van der Waals surface area contributed by atoms with Gasteiger partial charge in [0.25, 0.3) is 0 Å². The van der Waals surface area contributed by atoms with Gasteiger partial charge >= 0.3 is 0 Å². The van der Waals surface area contributed by atoms with Gasteiger partial charge in [-0.25, -0.2) is 8.42 Å². The summed E-state index contributed by atoms with van der Waals surface area (Å²) in [4.78, 5) is 15.4. The van der Waals surface area contributed by atoms with Crippen LogP contribution in [0, 0.1) is 5.92 Å². The molecule has 2 aromatic carbocycles. The molecule has 1 amide bonds. The number of aromatic hydroxyl groups is 1. The normalized spacial score (nSPS) is 24.0. The summed E-state index contributed by atoms with van der Waals surface area (Å²) >= 11 is 0.